The molecule has 9 heteroatoms. The molecule has 1 fully saturated rings. The molecule has 1 saturated heterocycles. The first-order chi connectivity index (χ1) is 17.4. The Hall–Kier alpha value is -4.53. The fourth-order valence-electron chi connectivity index (χ4n) is 4.55. The van der Waals surface area contributed by atoms with Crippen LogP contribution < -0.4 is 10.7 Å². The monoisotopic (exact) mass is 486 g/mol. The maximum atomic E-state index is 14.8. The standard InChI is InChI=1S/C27H23FN4O4/c28-21-13-17(8-9-19(21)16-5-2-1-3-6-16)26(34)32-12-4-7-18(32)14-30-23-11-10-22-24(31-23)25(33)20(15-29-22)27(35)36/h1-3,5-6,8-11,13,15,18H,4,7,12,14H2,(H,29,33)(H,30,31)(H,35,36). The second-order valence-corrected chi connectivity index (χ2v) is 8.67. The van der Waals surface area contributed by atoms with Gasteiger partial charge < -0.3 is 20.3 Å². The smallest absolute Gasteiger partial charge is 0.341 e. The third kappa shape index (κ3) is 4.43. The van der Waals surface area contributed by atoms with Crippen LogP contribution in [0, 0.1) is 5.82 Å². The van der Waals surface area contributed by atoms with Crippen molar-refractivity contribution in [2.24, 2.45) is 0 Å². The zero-order valence-corrected chi connectivity index (χ0v) is 19.2. The Morgan fingerprint density at radius 3 is 2.69 bits per heavy atom. The number of carbonyl (C=O) groups excluding carboxylic acids is 1. The number of amides is 1. The highest BCUT2D eigenvalue weighted by Crippen LogP contribution is 2.26. The van der Waals surface area contributed by atoms with Crippen LogP contribution in [0.3, 0.4) is 0 Å². The van der Waals surface area contributed by atoms with Crippen LogP contribution in [0.2, 0.25) is 0 Å². The number of fused-ring (bicyclic) bond motifs is 1. The second kappa shape index (κ2) is 9.61. The van der Waals surface area contributed by atoms with Crippen LogP contribution >= 0.6 is 0 Å². The summed E-state index contributed by atoms with van der Waals surface area (Å²) in [4.78, 5) is 45.7. The third-order valence-corrected chi connectivity index (χ3v) is 6.41. The highest BCUT2D eigenvalue weighted by molar-refractivity contribution is 5.95. The number of carbonyl (C=O) groups is 2. The number of hydrogen-bond donors (Lipinski definition) is 3. The molecule has 0 spiro atoms. The first kappa shape index (κ1) is 23.2. The lowest BCUT2D eigenvalue weighted by Gasteiger charge is -2.25. The van der Waals surface area contributed by atoms with Gasteiger partial charge in [0.15, 0.2) is 0 Å². The number of carboxylic acid groups (broad SMARTS) is 1. The summed E-state index contributed by atoms with van der Waals surface area (Å²) < 4.78 is 14.8. The van der Waals surface area contributed by atoms with Gasteiger partial charge >= 0.3 is 5.97 Å². The summed E-state index contributed by atoms with van der Waals surface area (Å²) in [6, 6.07) is 16.9. The van der Waals surface area contributed by atoms with E-state index in [-0.39, 0.29) is 28.6 Å². The van der Waals surface area contributed by atoms with E-state index in [0.717, 1.165) is 24.6 Å². The van der Waals surface area contributed by atoms with Crippen molar-refractivity contribution in [1.82, 2.24) is 14.9 Å². The van der Waals surface area contributed by atoms with Crippen molar-refractivity contribution < 1.29 is 19.1 Å². The molecule has 1 unspecified atom stereocenters. The number of aromatic nitrogens is 2. The Balaban J connectivity index is 1.31. The van der Waals surface area contributed by atoms with Gasteiger partial charge in [-0.1, -0.05) is 36.4 Å². The Labute approximate surface area is 205 Å². The normalized spacial score (nSPS) is 15.2. The van der Waals surface area contributed by atoms with Gasteiger partial charge in [0, 0.05) is 36.5 Å². The van der Waals surface area contributed by atoms with E-state index in [4.69, 9.17) is 0 Å². The minimum atomic E-state index is -1.33. The quantitative estimate of drug-likeness (QED) is 0.377. The lowest BCUT2D eigenvalue weighted by atomic mass is 10.0. The number of nitrogens with zero attached hydrogens (tertiary/aromatic N) is 2. The average molecular weight is 487 g/mol. The lowest BCUT2D eigenvalue weighted by Crippen LogP contribution is -2.39. The Morgan fingerprint density at radius 1 is 1.14 bits per heavy atom. The van der Waals surface area contributed by atoms with Crippen LogP contribution in [0.4, 0.5) is 10.2 Å². The summed E-state index contributed by atoms with van der Waals surface area (Å²) in [5, 5.41) is 12.3. The van der Waals surface area contributed by atoms with Crippen LogP contribution in [0.1, 0.15) is 33.6 Å². The molecule has 36 heavy (non-hydrogen) atoms. The molecule has 0 radical (unpaired) electrons. The topological polar surface area (TPSA) is 115 Å². The fraction of sp³-hybridized carbons (Fsp3) is 0.185. The van der Waals surface area contributed by atoms with Crippen molar-refractivity contribution in [2.75, 3.05) is 18.4 Å². The number of carboxylic acids is 1. The summed E-state index contributed by atoms with van der Waals surface area (Å²) in [6.07, 6.45) is 2.73. The van der Waals surface area contributed by atoms with Gasteiger partial charge in [0.05, 0.1) is 5.52 Å². The van der Waals surface area contributed by atoms with E-state index in [0.29, 0.717) is 30.0 Å². The fourth-order valence-corrected chi connectivity index (χ4v) is 4.55. The number of H-pyrrole nitrogens is 1. The molecule has 0 saturated carbocycles. The molecule has 1 atom stereocenters. The largest absolute Gasteiger partial charge is 0.477 e. The summed E-state index contributed by atoms with van der Waals surface area (Å²) in [5.74, 6) is -1.63. The van der Waals surface area contributed by atoms with Gasteiger partial charge in [0.25, 0.3) is 5.91 Å². The van der Waals surface area contributed by atoms with Crippen LogP contribution in [-0.4, -0.2) is 51.0 Å². The van der Waals surface area contributed by atoms with E-state index in [1.165, 1.54) is 6.07 Å². The third-order valence-electron chi connectivity index (χ3n) is 6.41. The van der Waals surface area contributed by atoms with Crippen molar-refractivity contribution in [2.45, 2.75) is 18.9 Å². The molecule has 4 aromatic rings. The van der Waals surface area contributed by atoms with E-state index in [9.17, 15) is 23.9 Å². The van der Waals surface area contributed by atoms with Crippen molar-refractivity contribution in [3.05, 3.63) is 94.0 Å². The highest BCUT2D eigenvalue weighted by atomic mass is 19.1. The molecule has 2 aromatic carbocycles. The van der Waals surface area contributed by atoms with Gasteiger partial charge in [-0.25, -0.2) is 14.2 Å². The molecule has 1 aliphatic heterocycles. The molecule has 5 rings (SSSR count). The Bertz CT molecular complexity index is 1520. The number of benzene rings is 2. The molecule has 0 aliphatic carbocycles. The predicted molar refractivity (Wildman–Crippen MR) is 134 cm³/mol. The molecular formula is C27H23FN4O4. The lowest BCUT2D eigenvalue weighted by molar-refractivity contribution is 0.0693. The zero-order chi connectivity index (χ0) is 25.2. The molecular weight excluding hydrogens is 463 g/mol. The maximum Gasteiger partial charge on any atom is 0.341 e. The first-order valence-corrected chi connectivity index (χ1v) is 11.6. The van der Waals surface area contributed by atoms with Crippen molar-refractivity contribution >= 4 is 28.7 Å². The van der Waals surface area contributed by atoms with E-state index < -0.39 is 17.2 Å². The molecule has 182 valence electrons. The maximum absolute atomic E-state index is 14.8. The molecule has 1 aliphatic rings. The number of aromatic carboxylic acids is 1. The SMILES string of the molecule is O=C(O)c1c[nH]c2ccc(NCC3CCCN3C(=O)c3ccc(-c4ccccc4)c(F)c3)nc2c1=O. The van der Waals surface area contributed by atoms with E-state index in [2.05, 4.69) is 15.3 Å². The van der Waals surface area contributed by atoms with Gasteiger partial charge in [-0.2, -0.15) is 0 Å². The van der Waals surface area contributed by atoms with Gasteiger partial charge in [0.2, 0.25) is 5.43 Å². The molecule has 3 N–H and O–H groups in total. The van der Waals surface area contributed by atoms with E-state index in [1.807, 2.05) is 30.3 Å². The average Bonchev–Trinajstić information content (AvgIpc) is 3.36. The Kier molecular flexibility index (Phi) is 6.20. The second-order valence-electron chi connectivity index (χ2n) is 8.67. The number of pyridine rings is 2. The van der Waals surface area contributed by atoms with Crippen molar-refractivity contribution in [1.29, 1.82) is 0 Å². The summed E-state index contributed by atoms with van der Waals surface area (Å²) in [6.45, 7) is 0.936. The van der Waals surface area contributed by atoms with Crippen LogP contribution in [0.25, 0.3) is 22.2 Å². The molecule has 1 amide bonds. The minimum absolute atomic E-state index is 0.0215. The summed E-state index contributed by atoms with van der Waals surface area (Å²) >= 11 is 0. The molecule has 3 heterocycles. The van der Waals surface area contributed by atoms with Gasteiger partial charge in [-0.05, 0) is 42.7 Å². The number of aromatic amines is 1. The number of rotatable bonds is 6. The molecule has 2 aromatic heterocycles. The van der Waals surface area contributed by atoms with Crippen molar-refractivity contribution in [3.8, 4) is 11.1 Å². The van der Waals surface area contributed by atoms with Gasteiger partial charge in [-0.15, -0.1) is 0 Å². The van der Waals surface area contributed by atoms with E-state index >= 15 is 0 Å². The van der Waals surface area contributed by atoms with Gasteiger partial charge in [-0.3, -0.25) is 9.59 Å². The highest BCUT2D eigenvalue weighted by Gasteiger charge is 2.30. The number of likely N-dealkylation sites (tertiary alicyclic amines) is 1. The van der Waals surface area contributed by atoms with Gasteiger partial charge in [0.1, 0.15) is 22.7 Å². The van der Waals surface area contributed by atoms with Crippen molar-refractivity contribution in [3.63, 3.8) is 0 Å². The van der Waals surface area contributed by atoms with E-state index in [1.54, 1.807) is 29.2 Å². The molecule has 8 nitrogen and oxygen atoms in total. The predicted octanol–water partition coefficient (Wildman–Crippen LogP) is 4.14. The number of nitrogens with one attached hydrogen (secondary N) is 2. The first-order valence-electron chi connectivity index (χ1n) is 11.6. The number of anilines is 1. The molecule has 0 bridgehead atoms. The Morgan fingerprint density at radius 2 is 1.94 bits per heavy atom. The van der Waals surface area contributed by atoms with Crippen LogP contribution in [0.5, 0.6) is 0 Å². The number of halogens is 1. The summed E-state index contributed by atoms with van der Waals surface area (Å²) in [5.41, 5.74) is 0.867. The summed E-state index contributed by atoms with van der Waals surface area (Å²) in [7, 11) is 0. The minimum Gasteiger partial charge on any atom is -0.477 e. The zero-order valence-electron chi connectivity index (χ0n) is 19.2. The van der Waals surface area contributed by atoms with Crippen LogP contribution in [-0.2, 0) is 0 Å². The number of hydrogen-bond acceptors (Lipinski definition) is 5. The van der Waals surface area contributed by atoms with Crippen LogP contribution in [0.15, 0.2) is 71.7 Å².